The molecule has 110 valence electrons. The second kappa shape index (κ2) is 8.35. The van der Waals surface area contributed by atoms with Crippen molar-refractivity contribution in [3.63, 3.8) is 0 Å². The van der Waals surface area contributed by atoms with Gasteiger partial charge in [-0.15, -0.1) is 0 Å². The molecule has 1 aromatic carbocycles. The van der Waals surface area contributed by atoms with Gasteiger partial charge in [-0.1, -0.05) is 44.2 Å². The van der Waals surface area contributed by atoms with E-state index in [1.807, 2.05) is 44.2 Å². The first-order chi connectivity index (χ1) is 9.49. The molecule has 0 spiro atoms. The maximum atomic E-state index is 11.8. The predicted octanol–water partition coefficient (Wildman–Crippen LogP) is 2.32. The molecule has 4 heteroatoms. The second-order valence-corrected chi connectivity index (χ2v) is 5.30. The summed E-state index contributed by atoms with van der Waals surface area (Å²) in [4.78, 5) is 23.4. The number of hydrogen-bond donors (Lipinski definition) is 1. The summed E-state index contributed by atoms with van der Waals surface area (Å²) in [6.07, 6.45) is 1.03. The molecule has 1 amide bonds. The van der Waals surface area contributed by atoms with Crippen molar-refractivity contribution in [1.82, 2.24) is 5.32 Å². The van der Waals surface area contributed by atoms with Crippen LogP contribution in [0.15, 0.2) is 30.3 Å². The molecule has 1 N–H and O–H groups in total. The Kier molecular flexibility index (Phi) is 6.77. The van der Waals surface area contributed by atoms with Crippen LogP contribution in [0.3, 0.4) is 0 Å². The van der Waals surface area contributed by atoms with Gasteiger partial charge in [0.25, 0.3) is 0 Å². The molecule has 0 aliphatic carbocycles. The van der Waals surface area contributed by atoms with E-state index in [9.17, 15) is 9.59 Å². The van der Waals surface area contributed by atoms with E-state index in [0.29, 0.717) is 25.4 Å². The van der Waals surface area contributed by atoms with Crippen molar-refractivity contribution in [2.45, 2.75) is 39.7 Å². The Hall–Kier alpha value is -1.84. The molecule has 4 nitrogen and oxygen atoms in total. The zero-order chi connectivity index (χ0) is 15.0. The zero-order valence-corrected chi connectivity index (χ0v) is 12.4. The lowest BCUT2D eigenvalue weighted by molar-refractivity contribution is -0.148. The summed E-state index contributed by atoms with van der Waals surface area (Å²) in [7, 11) is 0. The number of amides is 1. The number of nitrogens with one attached hydrogen (secondary N) is 1. The summed E-state index contributed by atoms with van der Waals surface area (Å²) in [6, 6.07) is 9.19. The third kappa shape index (κ3) is 6.36. The zero-order valence-electron chi connectivity index (χ0n) is 12.4. The van der Waals surface area contributed by atoms with Crippen molar-refractivity contribution in [3.05, 3.63) is 35.9 Å². The number of ether oxygens (including phenoxy) is 1. The van der Waals surface area contributed by atoms with Crippen LogP contribution in [0.4, 0.5) is 0 Å². The largest absolute Gasteiger partial charge is 0.464 e. The van der Waals surface area contributed by atoms with Gasteiger partial charge < -0.3 is 10.1 Å². The molecular formula is C16H23NO3. The summed E-state index contributed by atoms with van der Waals surface area (Å²) < 4.78 is 5.08. The van der Waals surface area contributed by atoms with Crippen LogP contribution in [0.1, 0.15) is 32.8 Å². The van der Waals surface area contributed by atoms with Crippen molar-refractivity contribution in [2.75, 3.05) is 6.61 Å². The van der Waals surface area contributed by atoms with Crippen molar-refractivity contribution < 1.29 is 14.3 Å². The second-order valence-electron chi connectivity index (χ2n) is 5.30. The Morgan fingerprint density at radius 1 is 1.15 bits per heavy atom. The fraction of sp³-hybridized carbons (Fsp3) is 0.500. The Bertz CT molecular complexity index is 429. The van der Waals surface area contributed by atoms with Crippen molar-refractivity contribution >= 4 is 11.9 Å². The molecular weight excluding hydrogens is 254 g/mol. The lowest BCUT2D eigenvalue weighted by Gasteiger charge is -2.14. The molecule has 0 aliphatic rings. The monoisotopic (exact) mass is 277 g/mol. The third-order valence-electron chi connectivity index (χ3n) is 2.77. The Balaban J connectivity index is 2.29. The van der Waals surface area contributed by atoms with Gasteiger partial charge in [0.2, 0.25) is 5.91 Å². The quantitative estimate of drug-likeness (QED) is 0.778. The summed E-state index contributed by atoms with van der Waals surface area (Å²) in [5.74, 6) is -0.227. The van der Waals surface area contributed by atoms with E-state index in [-0.39, 0.29) is 11.9 Å². The smallest absolute Gasteiger partial charge is 0.328 e. The van der Waals surface area contributed by atoms with Crippen LogP contribution in [-0.2, 0) is 20.7 Å². The van der Waals surface area contributed by atoms with Crippen LogP contribution >= 0.6 is 0 Å². The molecule has 1 rings (SSSR count). The van der Waals surface area contributed by atoms with E-state index in [0.717, 1.165) is 5.56 Å². The average molecular weight is 277 g/mol. The minimum absolute atomic E-state index is 0.136. The molecule has 1 atom stereocenters. The molecule has 0 saturated carbocycles. The minimum Gasteiger partial charge on any atom is -0.464 e. The maximum absolute atomic E-state index is 11.8. The maximum Gasteiger partial charge on any atom is 0.328 e. The van der Waals surface area contributed by atoms with Gasteiger partial charge in [-0.25, -0.2) is 4.79 Å². The van der Waals surface area contributed by atoms with E-state index in [4.69, 9.17) is 4.74 Å². The summed E-state index contributed by atoms with van der Waals surface area (Å²) in [5, 5.41) is 2.66. The van der Waals surface area contributed by atoms with Crippen LogP contribution in [0.5, 0.6) is 0 Å². The molecule has 0 saturated heterocycles. The van der Waals surface area contributed by atoms with E-state index >= 15 is 0 Å². The van der Waals surface area contributed by atoms with E-state index in [2.05, 4.69) is 5.32 Å². The number of hydrogen-bond acceptors (Lipinski definition) is 3. The summed E-state index contributed by atoms with van der Waals surface area (Å²) >= 11 is 0. The van der Waals surface area contributed by atoms with Gasteiger partial charge in [0.05, 0.1) is 6.61 Å². The van der Waals surface area contributed by atoms with Crippen molar-refractivity contribution in [2.24, 2.45) is 5.92 Å². The fourth-order valence-electron chi connectivity index (χ4n) is 1.65. The number of benzene rings is 1. The number of carbonyl (C=O) groups excluding carboxylic acids is 2. The first-order valence-electron chi connectivity index (χ1n) is 6.99. The number of esters is 1. The molecule has 0 aromatic heterocycles. The number of rotatable bonds is 7. The summed E-state index contributed by atoms with van der Waals surface area (Å²) in [6.45, 7) is 5.96. The normalized spacial score (nSPS) is 12.0. The topological polar surface area (TPSA) is 55.4 Å². The van der Waals surface area contributed by atoms with Gasteiger partial charge in [0.15, 0.2) is 0 Å². The highest BCUT2D eigenvalue weighted by atomic mass is 16.5. The average Bonchev–Trinajstić information content (AvgIpc) is 2.43. The molecule has 20 heavy (non-hydrogen) atoms. The fourth-order valence-corrected chi connectivity index (χ4v) is 1.65. The van der Waals surface area contributed by atoms with E-state index in [1.54, 1.807) is 6.92 Å². The highest BCUT2D eigenvalue weighted by molar-refractivity contribution is 5.84. The Morgan fingerprint density at radius 3 is 2.40 bits per heavy atom. The first kappa shape index (κ1) is 16.2. The lowest BCUT2D eigenvalue weighted by atomic mass is 10.1. The molecule has 0 heterocycles. The molecule has 0 radical (unpaired) electrons. The van der Waals surface area contributed by atoms with Crippen LogP contribution in [0, 0.1) is 5.92 Å². The molecule has 0 fully saturated rings. The third-order valence-corrected chi connectivity index (χ3v) is 2.77. The van der Waals surface area contributed by atoms with Gasteiger partial charge in [-0.2, -0.15) is 0 Å². The van der Waals surface area contributed by atoms with Crippen molar-refractivity contribution in [1.29, 1.82) is 0 Å². The Labute approximate surface area is 120 Å². The van der Waals surface area contributed by atoms with E-state index in [1.165, 1.54) is 0 Å². The Morgan fingerprint density at radius 2 is 1.80 bits per heavy atom. The minimum atomic E-state index is -0.600. The van der Waals surface area contributed by atoms with E-state index < -0.39 is 6.04 Å². The molecule has 0 bridgehead atoms. The standard InChI is InChI=1S/C16H23NO3/c1-12(2)11-20-16(19)13(3)17-15(18)10-9-14-7-5-4-6-8-14/h4-8,12-13H,9-11H2,1-3H3,(H,17,18)/t13-/m0/s1. The van der Waals surface area contributed by atoms with Crippen LogP contribution < -0.4 is 5.32 Å². The molecule has 1 aromatic rings. The predicted molar refractivity (Wildman–Crippen MR) is 78.2 cm³/mol. The van der Waals surface area contributed by atoms with Gasteiger partial charge in [0.1, 0.15) is 6.04 Å². The van der Waals surface area contributed by atoms with Crippen molar-refractivity contribution in [3.8, 4) is 0 Å². The highest BCUT2D eigenvalue weighted by Crippen LogP contribution is 2.03. The van der Waals surface area contributed by atoms with Crippen LogP contribution in [0.25, 0.3) is 0 Å². The van der Waals surface area contributed by atoms with Gasteiger partial charge in [-0.05, 0) is 24.8 Å². The first-order valence-corrected chi connectivity index (χ1v) is 6.99. The number of carbonyl (C=O) groups is 2. The molecule has 0 aliphatic heterocycles. The SMILES string of the molecule is CC(C)COC(=O)[C@H](C)NC(=O)CCc1ccccc1. The van der Waals surface area contributed by atoms with Crippen LogP contribution in [0.2, 0.25) is 0 Å². The highest BCUT2D eigenvalue weighted by Gasteiger charge is 2.17. The lowest BCUT2D eigenvalue weighted by Crippen LogP contribution is -2.40. The van der Waals surface area contributed by atoms with Crippen LogP contribution in [-0.4, -0.2) is 24.5 Å². The summed E-state index contributed by atoms with van der Waals surface area (Å²) in [5.41, 5.74) is 1.11. The van der Waals surface area contributed by atoms with Gasteiger partial charge in [-0.3, -0.25) is 4.79 Å². The number of aryl methyl sites for hydroxylation is 1. The van der Waals surface area contributed by atoms with Gasteiger partial charge >= 0.3 is 5.97 Å². The van der Waals surface area contributed by atoms with Gasteiger partial charge in [0, 0.05) is 6.42 Å². The molecule has 0 unspecified atom stereocenters.